The number of thioether (sulfide) groups is 1. The highest BCUT2D eigenvalue weighted by Crippen LogP contribution is 2.30. The van der Waals surface area contributed by atoms with Gasteiger partial charge in [-0.25, -0.2) is 8.93 Å². The molecule has 0 fully saturated rings. The molecule has 0 aliphatic carbocycles. The highest BCUT2D eigenvalue weighted by atomic mass is 32.2. The van der Waals surface area contributed by atoms with Crippen molar-refractivity contribution in [2.45, 2.75) is 96.3 Å². The SMILES string of the molecule is CCSC(C)(C)C[C@H](CC(=O)OC(C)(C)C)N[S@](=O)C(C)(C)C. The van der Waals surface area contributed by atoms with Gasteiger partial charge in [0.2, 0.25) is 0 Å². The first-order valence-corrected chi connectivity index (χ1v) is 10.3. The summed E-state index contributed by atoms with van der Waals surface area (Å²) in [5.74, 6) is 0.757. The van der Waals surface area contributed by atoms with Crippen molar-refractivity contribution in [1.82, 2.24) is 4.72 Å². The first-order chi connectivity index (χ1) is 10.2. The average molecular weight is 366 g/mol. The van der Waals surface area contributed by atoms with Crippen LogP contribution in [0.25, 0.3) is 0 Å². The maximum atomic E-state index is 12.4. The highest BCUT2D eigenvalue weighted by Gasteiger charge is 2.30. The average Bonchev–Trinajstić information content (AvgIpc) is 2.23. The smallest absolute Gasteiger partial charge is 0.307 e. The Morgan fingerprint density at radius 3 is 2.04 bits per heavy atom. The molecule has 0 rings (SSSR count). The Morgan fingerprint density at radius 2 is 1.65 bits per heavy atom. The fraction of sp³-hybridized carbons (Fsp3) is 0.941. The minimum absolute atomic E-state index is 0.0104. The second kappa shape index (κ2) is 8.86. The van der Waals surface area contributed by atoms with Crippen LogP contribution in [0.4, 0.5) is 0 Å². The zero-order chi connectivity index (χ0) is 18.5. The second-order valence-corrected chi connectivity index (χ2v) is 12.4. The fourth-order valence-corrected chi connectivity index (χ4v) is 4.03. The Labute approximate surface area is 149 Å². The fourth-order valence-electron chi connectivity index (χ4n) is 2.11. The zero-order valence-corrected chi connectivity index (χ0v) is 17.9. The molecule has 0 heterocycles. The van der Waals surface area contributed by atoms with Crippen molar-refractivity contribution in [2.24, 2.45) is 0 Å². The minimum Gasteiger partial charge on any atom is -0.460 e. The van der Waals surface area contributed by atoms with E-state index in [0.717, 1.165) is 12.2 Å². The van der Waals surface area contributed by atoms with Crippen LogP contribution in [0.5, 0.6) is 0 Å². The Hall–Kier alpha value is -0.0700. The van der Waals surface area contributed by atoms with Crippen LogP contribution in [0.3, 0.4) is 0 Å². The lowest BCUT2D eigenvalue weighted by molar-refractivity contribution is -0.155. The van der Waals surface area contributed by atoms with Gasteiger partial charge < -0.3 is 4.74 Å². The molecule has 0 aromatic heterocycles. The van der Waals surface area contributed by atoms with E-state index in [0.29, 0.717) is 0 Å². The molecule has 23 heavy (non-hydrogen) atoms. The predicted molar refractivity (Wildman–Crippen MR) is 102 cm³/mol. The summed E-state index contributed by atoms with van der Waals surface area (Å²) >= 11 is 1.85. The van der Waals surface area contributed by atoms with E-state index in [1.165, 1.54) is 0 Å². The lowest BCUT2D eigenvalue weighted by atomic mass is 10.0. The van der Waals surface area contributed by atoms with E-state index < -0.39 is 16.6 Å². The van der Waals surface area contributed by atoms with Crippen molar-refractivity contribution in [3.63, 3.8) is 0 Å². The van der Waals surface area contributed by atoms with Crippen molar-refractivity contribution in [3.05, 3.63) is 0 Å². The third-order valence-corrected chi connectivity index (χ3v) is 5.83. The Balaban J connectivity index is 5.00. The number of ether oxygens (including phenoxy) is 1. The second-order valence-electron chi connectivity index (χ2n) is 8.38. The van der Waals surface area contributed by atoms with Gasteiger partial charge in [0, 0.05) is 10.8 Å². The first-order valence-electron chi connectivity index (χ1n) is 8.20. The van der Waals surface area contributed by atoms with Gasteiger partial charge in [0.25, 0.3) is 0 Å². The summed E-state index contributed by atoms with van der Waals surface area (Å²) in [6, 6.07) is -0.168. The molecule has 0 aromatic rings. The largest absolute Gasteiger partial charge is 0.460 e. The molecule has 2 atom stereocenters. The van der Waals surface area contributed by atoms with Gasteiger partial charge in [0.1, 0.15) is 5.60 Å². The standard InChI is InChI=1S/C17H35NO3S2/c1-10-22-17(8,9)12-13(18-23(20)16(5,6)7)11-14(19)21-15(2,3)4/h13,18H,10-12H2,1-9H3/t13-,23+/m0/s1. The lowest BCUT2D eigenvalue weighted by Gasteiger charge is -2.31. The molecule has 0 amide bonds. The molecule has 0 aliphatic heterocycles. The van der Waals surface area contributed by atoms with Gasteiger partial charge in [-0.3, -0.25) is 4.79 Å². The number of nitrogens with one attached hydrogen (secondary N) is 1. The molecule has 6 heteroatoms. The third kappa shape index (κ3) is 11.2. The van der Waals surface area contributed by atoms with Crippen molar-refractivity contribution < 1.29 is 13.7 Å². The van der Waals surface area contributed by atoms with E-state index >= 15 is 0 Å². The van der Waals surface area contributed by atoms with Crippen LogP contribution in [0.2, 0.25) is 0 Å². The zero-order valence-electron chi connectivity index (χ0n) is 16.2. The number of rotatable bonds is 8. The van der Waals surface area contributed by atoms with Gasteiger partial charge in [-0.2, -0.15) is 11.8 Å². The number of hydrogen-bond donors (Lipinski definition) is 1. The number of carbonyl (C=O) groups is 1. The number of carbonyl (C=O) groups excluding carboxylic acids is 1. The van der Waals surface area contributed by atoms with E-state index in [-0.39, 0.29) is 27.9 Å². The molecule has 0 aliphatic rings. The minimum atomic E-state index is -1.21. The third-order valence-electron chi connectivity index (χ3n) is 2.94. The van der Waals surface area contributed by atoms with Gasteiger partial charge in [-0.05, 0) is 53.7 Å². The van der Waals surface area contributed by atoms with Crippen LogP contribution in [0, 0.1) is 0 Å². The number of hydrogen-bond acceptors (Lipinski definition) is 4. The highest BCUT2D eigenvalue weighted by molar-refractivity contribution is 8.00. The van der Waals surface area contributed by atoms with Crippen LogP contribution in [0.1, 0.15) is 75.2 Å². The molecule has 0 unspecified atom stereocenters. The van der Waals surface area contributed by atoms with Gasteiger partial charge in [0.15, 0.2) is 0 Å². The first kappa shape index (κ1) is 22.9. The quantitative estimate of drug-likeness (QED) is 0.659. The lowest BCUT2D eigenvalue weighted by Crippen LogP contribution is -2.44. The summed E-state index contributed by atoms with van der Waals surface area (Å²) in [6.07, 6.45) is 0.985. The summed E-state index contributed by atoms with van der Waals surface area (Å²) in [7, 11) is -1.21. The molecular formula is C17H35NO3S2. The molecule has 1 N–H and O–H groups in total. The number of esters is 1. The summed E-state index contributed by atoms with van der Waals surface area (Å²) < 4.78 is 20.6. The molecule has 4 nitrogen and oxygen atoms in total. The van der Waals surface area contributed by atoms with Crippen molar-refractivity contribution in [1.29, 1.82) is 0 Å². The molecule has 138 valence electrons. The molecule has 0 aromatic carbocycles. The monoisotopic (exact) mass is 365 g/mol. The van der Waals surface area contributed by atoms with E-state index in [9.17, 15) is 9.00 Å². The topological polar surface area (TPSA) is 55.4 Å². The molecule has 0 bridgehead atoms. The summed E-state index contributed by atoms with van der Waals surface area (Å²) in [4.78, 5) is 12.2. The molecule has 0 radical (unpaired) electrons. The van der Waals surface area contributed by atoms with E-state index in [1.54, 1.807) is 0 Å². The Kier molecular flexibility index (Phi) is 8.83. The summed E-state index contributed by atoms with van der Waals surface area (Å²) in [5.41, 5.74) is -0.501. The maximum Gasteiger partial charge on any atom is 0.307 e. The molecule has 0 spiro atoms. The summed E-state index contributed by atoms with van der Waals surface area (Å²) in [6.45, 7) is 17.8. The Morgan fingerprint density at radius 1 is 1.13 bits per heavy atom. The van der Waals surface area contributed by atoms with Crippen molar-refractivity contribution in [2.75, 3.05) is 5.75 Å². The van der Waals surface area contributed by atoms with Gasteiger partial charge in [-0.1, -0.05) is 20.8 Å². The van der Waals surface area contributed by atoms with E-state index in [1.807, 2.05) is 53.3 Å². The summed E-state index contributed by atoms with van der Waals surface area (Å²) in [5, 5.41) is 0. The van der Waals surface area contributed by atoms with Crippen molar-refractivity contribution in [3.8, 4) is 0 Å². The van der Waals surface area contributed by atoms with E-state index in [4.69, 9.17) is 4.74 Å². The molecular weight excluding hydrogens is 330 g/mol. The van der Waals surface area contributed by atoms with Gasteiger partial charge >= 0.3 is 5.97 Å². The van der Waals surface area contributed by atoms with Gasteiger partial charge in [0.05, 0.1) is 22.2 Å². The van der Waals surface area contributed by atoms with Crippen LogP contribution < -0.4 is 4.72 Å². The van der Waals surface area contributed by atoms with Crippen LogP contribution in [-0.4, -0.2) is 37.1 Å². The van der Waals surface area contributed by atoms with Crippen LogP contribution >= 0.6 is 11.8 Å². The maximum absolute atomic E-state index is 12.4. The normalized spacial score (nSPS) is 16.0. The van der Waals surface area contributed by atoms with Crippen LogP contribution in [-0.2, 0) is 20.5 Å². The van der Waals surface area contributed by atoms with E-state index in [2.05, 4.69) is 25.5 Å². The van der Waals surface area contributed by atoms with Crippen molar-refractivity contribution >= 4 is 28.7 Å². The molecule has 0 saturated heterocycles. The predicted octanol–water partition coefficient (Wildman–Crippen LogP) is 4.06. The molecule has 0 saturated carbocycles. The van der Waals surface area contributed by atoms with Gasteiger partial charge in [-0.15, -0.1) is 0 Å². The van der Waals surface area contributed by atoms with Crippen LogP contribution in [0.15, 0.2) is 0 Å². The Bertz CT molecular complexity index is 409.